The molecule has 2 saturated heterocycles. The number of halogens is 4. The number of anilines is 1. The van der Waals surface area contributed by atoms with Crippen LogP contribution in [0.4, 0.5) is 23.4 Å². The van der Waals surface area contributed by atoms with Crippen LogP contribution in [0.2, 0.25) is 0 Å². The number of hydrogen-bond donors (Lipinski definition) is 1. The van der Waals surface area contributed by atoms with Crippen LogP contribution in [0, 0.1) is 5.95 Å². The van der Waals surface area contributed by atoms with Gasteiger partial charge in [0.05, 0.1) is 37.6 Å². The first-order chi connectivity index (χ1) is 19.2. The molecule has 3 aromatic rings. The monoisotopic (exact) mass is 557 g/mol. The molecule has 4 heterocycles. The molecule has 0 spiro atoms. The normalized spacial score (nSPS) is 22.6. The van der Waals surface area contributed by atoms with Gasteiger partial charge in [0.2, 0.25) is 17.8 Å². The lowest BCUT2D eigenvalue weighted by atomic mass is 10.0. The minimum Gasteiger partial charge on any atom is -0.342 e. The highest BCUT2D eigenvalue weighted by Gasteiger charge is 2.45. The third-order valence-corrected chi connectivity index (χ3v) is 7.47. The number of amides is 2. The van der Waals surface area contributed by atoms with Crippen molar-refractivity contribution < 1.29 is 27.2 Å². The van der Waals surface area contributed by atoms with E-state index >= 15 is 0 Å². The van der Waals surface area contributed by atoms with E-state index in [4.69, 9.17) is 0 Å². The van der Waals surface area contributed by atoms with Gasteiger partial charge < -0.3 is 15.1 Å². The van der Waals surface area contributed by atoms with Crippen molar-refractivity contribution in [3.05, 3.63) is 71.4 Å². The van der Waals surface area contributed by atoms with Gasteiger partial charge in [0.15, 0.2) is 5.82 Å². The first-order valence-corrected chi connectivity index (χ1v) is 13.1. The molecular formula is C27H27F4N7O2. The number of aromatic nitrogens is 4. The van der Waals surface area contributed by atoms with Crippen LogP contribution in [0.5, 0.6) is 0 Å². The zero-order chi connectivity index (χ0) is 28.0. The van der Waals surface area contributed by atoms with Crippen LogP contribution >= 0.6 is 0 Å². The summed E-state index contributed by atoms with van der Waals surface area (Å²) < 4.78 is 55.7. The van der Waals surface area contributed by atoms with E-state index in [-0.39, 0.29) is 24.7 Å². The third-order valence-electron chi connectivity index (χ3n) is 7.47. The average Bonchev–Trinajstić information content (AvgIpc) is 3.52. The van der Waals surface area contributed by atoms with Crippen molar-refractivity contribution in [2.75, 3.05) is 24.5 Å². The Labute approximate surface area is 227 Å². The van der Waals surface area contributed by atoms with Gasteiger partial charge in [-0.15, -0.1) is 5.10 Å². The number of likely N-dealkylation sites (tertiary alicyclic amines) is 1. The topological polar surface area (TPSA) is 96.2 Å². The van der Waals surface area contributed by atoms with E-state index in [0.29, 0.717) is 16.8 Å². The largest absolute Gasteiger partial charge is 0.342 e. The quantitative estimate of drug-likeness (QED) is 0.338. The van der Waals surface area contributed by atoms with Crippen LogP contribution in [0.3, 0.4) is 0 Å². The van der Waals surface area contributed by atoms with Crippen LogP contribution in [-0.4, -0.2) is 74.5 Å². The summed E-state index contributed by atoms with van der Waals surface area (Å²) in [6.07, 6.45) is 1.47. The van der Waals surface area contributed by atoms with E-state index in [0.717, 1.165) is 22.5 Å². The fourth-order valence-corrected chi connectivity index (χ4v) is 5.23. The molecule has 9 nitrogen and oxygen atoms in total. The molecule has 210 valence electrons. The lowest BCUT2D eigenvalue weighted by Gasteiger charge is -2.38. The molecule has 1 aliphatic carbocycles. The lowest BCUT2D eigenvalue weighted by Crippen LogP contribution is -2.56. The van der Waals surface area contributed by atoms with E-state index in [2.05, 4.69) is 20.5 Å². The summed E-state index contributed by atoms with van der Waals surface area (Å²) in [5.74, 6) is -4.19. The van der Waals surface area contributed by atoms with E-state index in [1.54, 1.807) is 42.5 Å². The second-order valence-electron chi connectivity index (χ2n) is 10.6. The number of carbonyl (C=O) groups excluding carboxylic acids is 2. The molecule has 2 aromatic heterocycles. The predicted molar refractivity (Wildman–Crippen MR) is 135 cm³/mol. The van der Waals surface area contributed by atoms with E-state index in [1.165, 1.54) is 11.1 Å². The minimum atomic E-state index is -2.79. The van der Waals surface area contributed by atoms with Gasteiger partial charge in [-0.3, -0.25) is 9.59 Å². The van der Waals surface area contributed by atoms with E-state index in [9.17, 15) is 27.2 Å². The van der Waals surface area contributed by atoms with E-state index < -0.39 is 61.6 Å². The Morgan fingerprint density at radius 2 is 1.85 bits per heavy atom. The number of nitrogens with zero attached hydrogens (tertiary/aromatic N) is 6. The number of carbonyl (C=O) groups is 2. The summed E-state index contributed by atoms with van der Waals surface area (Å²) in [6, 6.07) is 10.3. The molecule has 1 N–H and O–H groups in total. The first kappa shape index (κ1) is 26.2. The smallest absolute Gasteiger partial charge is 0.282 e. The average molecular weight is 558 g/mol. The molecule has 2 aliphatic heterocycles. The Morgan fingerprint density at radius 1 is 1.10 bits per heavy atom. The second-order valence-corrected chi connectivity index (χ2v) is 10.6. The number of nitrogens with one attached hydrogen (secondary N) is 1. The van der Waals surface area contributed by atoms with Gasteiger partial charge in [0.25, 0.3) is 5.92 Å². The van der Waals surface area contributed by atoms with Crippen molar-refractivity contribution in [2.24, 2.45) is 0 Å². The fraction of sp³-hybridized carbons (Fsp3) is 0.444. The summed E-state index contributed by atoms with van der Waals surface area (Å²) in [5, 5.41) is 10.9. The van der Waals surface area contributed by atoms with Crippen LogP contribution in [0.25, 0.3) is 0 Å². The minimum absolute atomic E-state index is 0.165. The number of benzene rings is 1. The van der Waals surface area contributed by atoms with Gasteiger partial charge in [0.1, 0.15) is 18.8 Å². The molecule has 13 heteroatoms. The highest BCUT2D eigenvalue weighted by Crippen LogP contribution is 2.41. The highest BCUT2D eigenvalue weighted by molar-refractivity contribution is 5.88. The number of hydrogen-bond acceptors (Lipinski definition) is 6. The second kappa shape index (κ2) is 10.2. The maximum absolute atomic E-state index is 14.8. The molecule has 0 radical (unpaired) electrons. The zero-order valence-electron chi connectivity index (χ0n) is 21.4. The molecule has 3 unspecified atom stereocenters. The van der Waals surface area contributed by atoms with Crippen LogP contribution in [0.1, 0.15) is 48.0 Å². The van der Waals surface area contributed by atoms with Crippen LogP contribution in [0.15, 0.2) is 48.7 Å². The molecule has 3 fully saturated rings. The van der Waals surface area contributed by atoms with Crippen LogP contribution < -0.4 is 10.2 Å². The summed E-state index contributed by atoms with van der Waals surface area (Å²) in [6.45, 7) is -1.65. The Bertz CT molecular complexity index is 1410. The fourth-order valence-electron chi connectivity index (χ4n) is 5.23. The molecule has 1 saturated carbocycles. The molecule has 40 heavy (non-hydrogen) atoms. The number of rotatable bonds is 8. The third kappa shape index (κ3) is 5.36. The lowest BCUT2D eigenvalue weighted by molar-refractivity contribution is -0.139. The summed E-state index contributed by atoms with van der Waals surface area (Å²) in [7, 11) is 0. The van der Waals surface area contributed by atoms with Crippen molar-refractivity contribution in [3.63, 3.8) is 0 Å². The molecule has 2 amide bonds. The standard InChI is InChI=1S/C27H27F4N7O2/c28-18-10-21(37(12-18)23(39)13-38-32-11-22(35-38)36-14-27(30,31)15-36)26(40)34-24(17-4-2-1-3-5-17)20-9-8-19(16-6-7-16)25(29)33-20/h1-5,8-9,11,16,18,21,24H,6-7,10,12-15H2,(H,34,40). The Balaban J connectivity index is 1.17. The first-order valence-electron chi connectivity index (χ1n) is 13.1. The van der Waals surface area contributed by atoms with Crippen LogP contribution in [-0.2, 0) is 16.1 Å². The number of pyridine rings is 1. The van der Waals surface area contributed by atoms with Crippen molar-refractivity contribution in [1.29, 1.82) is 0 Å². The number of alkyl halides is 3. The van der Waals surface area contributed by atoms with Gasteiger partial charge in [-0.25, -0.2) is 18.2 Å². The van der Waals surface area contributed by atoms with Gasteiger partial charge in [-0.1, -0.05) is 36.4 Å². The Morgan fingerprint density at radius 3 is 2.52 bits per heavy atom. The van der Waals surface area contributed by atoms with Gasteiger partial charge >= 0.3 is 0 Å². The van der Waals surface area contributed by atoms with Crippen molar-refractivity contribution >= 4 is 17.6 Å². The summed E-state index contributed by atoms with van der Waals surface area (Å²) in [5.41, 5.74) is 1.49. The SMILES string of the molecule is O=C(NC(c1ccccc1)c1ccc(C2CC2)c(F)n1)C1CC(F)CN1C(=O)Cn1ncc(N2CC(F)(F)C2)n1. The molecule has 6 rings (SSSR count). The van der Waals surface area contributed by atoms with Crippen molar-refractivity contribution in [2.45, 2.75) is 55.9 Å². The Hall–Kier alpha value is -4.03. The van der Waals surface area contributed by atoms with Gasteiger partial charge in [0, 0.05) is 12.0 Å². The summed E-state index contributed by atoms with van der Waals surface area (Å²) in [4.78, 5) is 34.2. The molecule has 1 aromatic carbocycles. The van der Waals surface area contributed by atoms with Gasteiger partial charge in [-0.2, -0.15) is 14.3 Å². The Kier molecular flexibility index (Phi) is 6.67. The van der Waals surface area contributed by atoms with Gasteiger partial charge in [-0.05, 0) is 30.4 Å². The zero-order valence-corrected chi connectivity index (χ0v) is 21.4. The molecule has 3 aliphatic rings. The molecular weight excluding hydrogens is 530 g/mol. The van der Waals surface area contributed by atoms with E-state index in [1.807, 2.05) is 0 Å². The predicted octanol–water partition coefficient (Wildman–Crippen LogP) is 2.99. The maximum Gasteiger partial charge on any atom is 0.282 e. The molecule has 3 atom stereocenters. The van der Waals surface area contributed by atoms with Crippen molar-refractivity contribution in [1.82, 2.24) is 30.2 Å². The highest BCUT2D eigenvalue weighted by atomic mass is 19.3. The summed E-state index contributed by atoms with van der Waals surface area (Å²) >= 11 is 0. The van der Waals surface area contributed by atoms with Crippen molar-refractivity contribution in [3.8, 4) is 0 Å². The molecule has 0 bridgehead atoms. The maximum atomic E-state index is 14.8.